The first kappa shape index (κ1) is 27.8. The van der Waals surface area contributed by atoms with Gasteiger partial charge in [0.05, 0.1) is 7.11 Å². The second-order valence-electron chi connectivity index (χ2n) is 8.56. The third-order valence-corrected chi connectivity index (χ3v) is 5.64. The number of aliphatic imine (C=N–C) groups is 1. The fraction of sp³-hybridized carbons (Fsp3) is 0.560. The summed E-state index contributed by atoms with van der Waals surface area (Å²) in [6, 6.07) is 6.06. The number of methoxy groups -OCH3 is 1. The van der Waals surface area contributed by atoms with Crippen LogP contribution in [0.4, 0.5) is 0 Å². The molecule has 0 aromatic heterocycles. The first-order chi connectivity index (χ1) is 15.0. The average molecular weight is 463 g/mol. The Labute approximate surface area is 197 Å². The second kappa shape index (κ2) is 13.3. The number of esters is 2. The Morgan fingerprint density at radius 1 is 1.25 bits per heavy atom. The number of rotatable bonds is 10. The van der Waals surface area contributed by atoms with Gasteiger partial charge in [0.2, 0.25) is 0 Å². The number of ether oxygens (including phenoxy) is 2. The third-order valence-electron chi connectivity index (χ3n) is 4.57. The quantitative estimate of drug-likeness (QED) is 0.116. The summed E-state index contributed by atoms with van der Waals surface area (Å²) in [5.41, 5.74) is 1.52. The minimum atomic E-state index is -0.503. The van der Waals surface area contributed by atoms with Gasteiger partial charge in [-0.3, -0.25) is 9.79 Å². The lowest BCUT2D eigenvalue weighted by molar-refractivity contribution is -0.153. The molecule has 0 radical (unpaired) electrons. The van der Waals surface area contributed by atoms with Gasteiger partial charge in [-0.2, -0.15) is 0 Å². The summed E-state index contributed by atoms with van der Waals surface area (Å²) in [5.74, 6) is 0.158. The van der Waals surface area contributed by atoms with Crippen molar-refractivity contribution < 1.29 is 19.1 Å². The van der Waals surface area contributed by atoms with Gasteiger partial charge in [-0.25, -0.2) is 4.79 Å². The maximum Gasteiger partial charge on any atom is 0.331 e. The number of hydrogen-bond donors (Lipinski definition) is 0. The van der Waals surface area contributed by atoms with Crippen molar-refractivity contribution in [1.82, 2.24) is 4.90 Å². The number of nitrogens with zero attached hydrogens (tertiary/aromatic N) is 2. The van der Waals surface area contributed by atoms with Gasteiger partial charge >= 0.3 is 11.9 Å². The second-order valence-corrected chi connectivity index (χ2v) is 9.97. The Bertz CT molecular complexity index is 828. The van der Waals surface area contributed by atoms with Crippen LogP contribution in [0.3, 0.4) is 0 Å². The molecule has 1 atom stereocenters. The van der Waals surface area contributed by atoms with Crippen LogP contribution in [0.2, 0.25) is 0 Å². The number of hydrogen-bond acceptors (Lipinski definition) is 6. The normalized spacial score (nSPS) is 13.2. The van der Waals surface area contributed by atoms with Crippen LogP contribution in [-0.4, -0.2) is 54.2 Å². The molecule has 0 bridgehead atoms. The molecule has 1 rings (SSSR count). The predicted molar refractivity (Wildman–Crippen MR) is 132 cm³/mol. The van der Waals surface area contributed by atoms with Crippen LogP contribution in [0.15, 0.2) is 40.4 Å². The van der Waals surface area contributed by atoms with Gasteiger partial charge in [0.1, 0.15) is 16.7 Å². The van der Waals surface area contributed by atoms with Gasteiger partial charge in [-0.1, -0.05) is 19.8 Å². The van der Waals surface area contributed by atoms with E-state index in [1.54, 1.807) is 13.2 Å². The summed E-state index contributed by atoms with van der Waals surface area (Å²) < 4.78 is 10.2. The van der Waals surface area contributed by atoms with Crippen LogP contribution in [-0.2, 0) is 19.1 Å². The van der Waals surface area contributed by atoms with Gasteiger partial charge in [0.15, 0.2) is 0 Å². The van der Waals surface area contributed by atoms with Gasteiger partial charge in [0.25, 0.3) is 0 Å². The number of carbonyl (C=O) groups excluding carboxylic acids is 2. The monoisotopic (exact) mass is 462 g/mol. The number of carbonyl (C=O) groups is 2. The van der Waals surface area contributed by atoms with E-state index in [4.69, 9.17) is 9.47 Å². The molecule has 1 aromatic rings. The molecule has 0 N–H and O–H groups in total. The highest BCUT2D eigenvalue weighted by Gasteiger charge is 2.23. The molecule has 0 saturated heterocycles. The zero-order valence-corrected chi connectivity index (χ0v) is 21.5. The molecular formula is C25H38N2O4S. The van der Waals surface area contributed by atoms with E-state index in [1.165, 1.54) is 24.9 Å². The zero-order valence-electron chi connectivity index (χ0n) is 20.7. The Balaban J connectivity index is 3.08. The zero-order chi connectivity index (χ0) is 24.3. The summed E-state index contributed by atoms with van der Waals surface area (Å²) in [5, 5.41) is -0.313. The van der Waals surface area contributed by atoms with E-state index in [0.29, 0.717) is 0 Å². The largest absolute Gasteiger partial charge is 0.466 e. The van der Waals surface area contributed by atoms with E-state index in [2.05, 4.69) is 18.0 Å². The maximum atomic E-state index is 12.3. The molecule has 0 fully saturated rings. The Hall–Kier alpha value is -2.28. The highest BCUT2D eigenvalue weighted by atomic mass is 32.2. The average Bonchev–Trinajstić information content (AvgIpc) is 2.71. The molecule has 178 valence electrons. The Kier molecular flexibility index (Phi) is 11.5. The molecule has 0 aliphatic heterocycles. The van der Waals surface area contributed by atoms with Crippen LogP contribution in [0.25, 0.3) is 0 Å². The summed E-state index contributed by atoms with van der Waals surface area (Å²) in [7, 11) is 3.11. The standard InChI is InChI=1S/C25H38N2O4S/c1-9-10-11-15-27(16-14-22(28)30-8)23(26-7)21-13-12-20(17-18(21)2)32-19(3)24(29)31-25(4,5)6/h12-14,16-17,19H,9-11,15H2,1-8H3/b16-14+,26-23?. The van der Waals surface area contributed by atoms with E-state index in [-0.39, 0.29) is 11.2 Å². The van der Waals surface area contributed by atoms with Crippen molar-refractivity contribution >= 4 is 29.5 Å². The number of unbranched alkanes of at least 4 members (excludes halogenated alkanes) is 2. The van der Waals surface area contributed by atoms with Gasteiger partial charge in [-0.15, -0.1) is 11.8 Å². The van der Waals surface area contributed by atoms with Gasteiger partial charge < -0.3 is 14.4 Å². The summed E-state index contributed by atoms with van der Waals surface area (Å²) >= 11 is 1.47. The molecule has 7 heteroatoms. The number of aryl methyl sites for hydroxylation is 1. The number of benzene rings is 1. The Morgan fingerprint density at radius 3 is 2.47 bits per heavy atom. The molecular weight excluding hydrogens is 424 g/mol. The van der Waals surface area contributed by atoms with E-state index in [0.717, 1.165) is 47.7 Å². The fourth-order valence-electron chi connectivity index (χ4n) is 3.00. The molecule has 32 heavy (non-hydrogen) atoms. The highest BCUT2D eigenvalue weighted by Crippen LogP contribution is 2.28. The van der Waals surface area contributed by atoms with E-state index in [9.17, 15) is 9.59 Å². The molecule has 0 saturated carbocycles. The lowest BCUT2D eigenvalue weighted by Gasteiger charge is -2.24. The molecule has 0 amide bonds. The molecule has 1 aromatic carbocycles. The maximum absolute atomic E-state index is 12.3. The van der Waals surface area contributed by atoms with Crippen molar-refractivity contribution in [3.63, 3.8) is 0 Å². The van der Waals surface area contributed by atoms with Crippen molar-refractivity contribution in [2.24, 2.45) is 4.99 Å². The first-order valence-electron chi connectivity index (χ1n) is 11.0. The summed E-state index contributed by atoms with van der Waals surface area (Å²) in [6.45, 7) is 12.4. The highest BCUT2D eigenvalue weighted by molar-refractivity contribution is 8.00. The first-order valence-corrected chi connectivity index (χ1v) is 11.9. The van der Waals surface area contributed by atoms with E-state index < -0.39 is 11.6 Å². The van der Waals surface area contributed by atoms with Gasteiger partial charge in [0, 0.05) is 36.3 Å². The van der Waals surface area contributed by atoms with Crippen LogP contribution in [0.1, 0.15) is 65.0 Å². The smallest absolute Gasteiger partial charge is 0.331 e. The number of amidine groups is 1. The molecule has 0 heterocycles. The molecule has 6 nitrogen and oxygen atoms in total. The third kappa shape index (κ3) is 9.47. The van der Waals surface area contributed by atoms with Crippen molar-refractivity contribution in [3.8, 4) is 0 Å². The van der Waals surface area contributed by atoms with Crippen molar-refractivity contribution in [2.75, 3.05) is 20.7 Å². The SMILES string of the molecule is CCCCCN(/C=C/C(=O)OC)C(=NC)c1ccc(SC(C)C(=O)OC(C)(C)C)cc1C. The van der Waals surface area contributed by atoms with Crippen molar-refractivity contribution in [3.05, 3.63) is 41.6 Å². The van der Waals surface area contributed by atoms with Gasteiger partial charge in [-0.05, 0) is 64.8 Å². The lowest BCUT2D eigenvalue weighted by atomic mass is 10.1. The van der Waals surface area contributed by atoms with Crippen LogP contribution >= 0.6 is 11.8 Å². The molecule has 0 aliphatic carbocycles. The summed E-state index contributed by atoms with van der Waals surface area (Å²) in [6.07, 6.45) is 6.34. The lowest BCUT2D eigenvalue weighted by Crippen LogP contribution is -2.29. The van der Waals surface area contributed by atoms with Crippen LogP contribution in [0, 0.1) is 6.92 Å². The molecule has 1 unspecified atom stereocenters. The van der Waals surface area contributed by atoms with Crippen LogP contribution < -0.4 is 0 Å². The topological polar surface area (TPSA) is 68.2 Å². The van der Waals surface area contributed by atoms with E-state index in [1.807, 2.05) is 51.7 Å². The van der Waals surface area contributed by atoms with Crippen LogP contribution in [0.5, 0.6) is 0 Å². The summed E-state index contributed by atoms with van der Waals surface area (Å²) in [4.78, 5) is 31.5. The Morgan fingerprint density at radius 2 is 1.94 bits per heavy atom. The minimum Gasteiger partial charge on any atom is -0.466 e. The fourth-order valence-corrected chi connectivity index (χ4v) is 3.95. The number of thioether (sulfide) groups is 1. The minimum absolute atomic E-state index is 0.227. The van der Waals surface area contributed by atoms with Crippen molar-refractivity contribution in [1.29, 1.82) is 0 Å². The molecule has 0 aliphatic rings. The van der Waals surface area contributed by atoms with Crippen molar-refractivity contribution in [2.45, 2.75) is 76.6 Å². The predicted octanol–water partition coefficient (Wildman–Crippen LogP) is 5.37. The van der Waals surface area contributed by atoms with E-state index >= 15 is 0 Å². The molecule has 0 spiro atoms.